The van der Waals surface area contributed by atoms with E-state index in [0.717, 1.165) is 24.2 Å². The first-order valence-electron chi connectivity index (χ1n) is 5.92. The van der Waals surface area contributed by atoms with E-state index < -0.39 is 0 Å². The van der Waals surface area contributed by atoms with Crippen LogP contribution in [0.5, 0.6) is 0 Å². The molecule has 0 aliphatic carbocycles. The first-order valence-corrected chi connectivity index (χ1v) is 5.92. The van der Waals surface area contributed by atoms with E-state index in [9.17, 15) is 4.79 Å². The van der Waals surface area contributed by atoms with Crippen LogP contribution in [0.25, 0.3) is 0 Å². The standard InChI is InChI=1S/C13H18N2O2.ClH/c1-14-8-10-3-2-4-12(7-10)15-13(16)11-5-6-17-9-11;/h2-4,7,11,14H,5-6,8-9H2,1H3,(H,15,16);1H. The van der Waals surface area contributed by atoms with E-state index in [2.05, 4.69) is 10.6 Å². The minimum Gasteiger partial charge on any atom is -0.381 e. The number of hydrogen-bond acceptors (Lipinski definition) is 3. The smallest absolute Gasteiger partial charge is 0.229 e. The first kappa shape index (κ1) is 15.0. The minimum absolute atomic E-state index is 0. The predicted molar refractivity (Wildman–Crippen MR) is 74.0 cm³/mol. The van der Waals surface area contributed by atoms with Crippen LogP contribution in [0, 0.1) is 5.92 Å². The van der Waals surface area contributed by atoms with Gasteiger partial charge in [-0.3, -0.25) is 4.79 Å². The number of rotatable bonds is 4. The largest absolute Gasteiger partial charge is 0.381 e. The highest BCUT2D eigenvalue weighted by Gasteiger charge is 2.23. The van der Waals surface area contributed by atoms with E-state index >= 15 is 0 Å². The highest BCUT2D eigenvalue weighted by molar-refractivity contribution is 5.92. The zero-order chi connectivity index (χ0) is 12.1. The van der Waals surface area contributed by atoms with Gasteiger partial charge in [0.1, 0.15) is 0 Å². The molecule has 2 rings (SSSR count). The third-order valence-electron chi connectivity index (χ3n) is 2.88. The van der Waals surface area contributed by atoms with E-state index in [1.165, 1.54) is 0 Å². The number of halogens is 1. The highest BCUT2D eigenvalue weighted by Crippen LogP contribution is 2.16. The molecule has 1 aromatic rings. The minimum atomic E-state index is 0. The maximum atomic E-state index is 11.9. The molecule has 4 nitrogen and oxygen atoms in total. The van der Waals surface area contributed by atoms with Crippen LogP contribution in [0.2, 0.25) is 0 Å². The second-order valence-electron chi connectivity index (χ2n) is 4.28. The van der Waals surface area contributed by atoms with Crippen LogP contribution >= 0.6 is 12.4 Å². The summed E-state index contributed by atoms with van der Waals surface area (Å²) < 4.78 is 5.21. The van der Waals surface area contributed by atoms with Crippen molar-refractivity contribution in [3.05, 3.63) is 29.8 Å². The molecule has 5 heteroatoms. The molecule has 1 fully saturated rings. The Balaban J connectivity index is 0.00000162. The molecule has 1 atom stereocenters. The van der Waals surface area contributed by atoms with Gasteiger partial charge in [-0.05, 0) is 31.2 Å². The Hall–Kier alpha value is -1.10. The summed E-state index contributed by atoms with van der Waals surface area (Å²) in [5.41, 5.74) is 2.02. The van der Waals surface area contributed by atoms with Crippen LogP contribution in [-0.4, -0.2) is 26.2 Å². The lowest BCUT2D eigenvalue weighted by atomic mass is 10.1. The molecule has 0 bridgehead atoms. The summed E-state index contributed by atoms with van der Waals surface area (Å²) >= 11 is 0. The number of ether oxygens (including phenoxy) is 1. The second-order valence-corrected chi connectivity index (χ2v) is 4.28. The Morgan fingerprint density at radius 1 is 1.50 bits per heavy atom. The molecular weight excluding hydrogens is 252 g/mol. The van der Waals surface area contributed by atoms with Gasteiger partial charge in [-0.25, -0.2) is 0 Å². The Labute approximate surface area is 114 Å². The van der Waals surface area contributed by atoms with Crippen LogP contribution in [0.4, 0.5) is 5.69 Å². The van der Waals surface area contributed by atoms with E-state index in [4.69, 9.17) is 4.74 Å². The van der Waals surface area contributed by atoms with E-state index in [-0.39, 0.29) is 24.2 Å². The summed E-state index contributed by atoms with van der Waals surface area (Å²) in [7, 11) is 1.90. The third kappa shape index (κ3) is 3.98. The fourth-order valence-corrected chi connectivity index (χ4v) is 1.95. The van der Waals surface area contributed by atoms with Gasteiger partial charge in [0.2, 0.25) is 5.91 Å². The summed E-state index contributed by atoms with van der Waals surface area (Å²) in [6, 6.07) is 7.88. The number of amides is 1. The number of hydrogen-bond donors (Lipinski definition) is 2. The zero-order valence-electron chi connectivity index (χ0n) is 10.4. The van der Waals surface area contributed by atoms with Crippen molar-refractivity contribution in [2.24, 2.45) is 5.92 Å². The topological polar surface area (TPSA) is 50.4 Å². The van der Waals surface area contributed by atoms with Crippen molar-refractivity contribution < 1.29 is 9.53 Å². The molecule has 2 N–H and O–H groups in total. The lowest BCUT2D eigenvalue weighted by molar-refractivity contribution is -0.119. The van der Waals surface area contributed by atoms with Gasteiger partial charge in [0.15, 0.2) is 0 Å². The average molecular weight is 271 g/mol. The van der Waals surface area contributed by atoms with Crippen LogP contribution in [-0.2, 0) is 16.1 Å². The van der Waals surface area contributed by atoms with Crippen molar-refractivity contribution >= 4 is 24.0 Å². The normalized spacial score (nSPS) is 18.2. The van der Waals surface area contributed by atoms with Crippen molar-refractivity contribution in [3.8, 4) is 0 Å². The number of carbonyl (C=O) groups excluding carboxylic acids is 1. The first-order chi connectivity index (χ1) is 8.29. The molecule has 0 aromatic heterocycles. The molecule has 1 aliphatic rings. The summed E-state index contributed by atoms with van der Waals surface area (Å²) in [5.74, 6) is 0.0621. The van der Waals surface area contributed by atoms with Gasteiger partial charge in [-0.15, -0.1) is 12.4 Å². The van der Waals surface area contributed by atoms with Crippen LogP contribution in [0.15, 0.2) is 24.3 Å². The van der Waals surface area contributed by atoms with E-state index in [0.29, 0.717) is 13.2 Å². The van der Waals surface area contributed by atoms with E-state index in [1.807, 2.05) is 31.3 Å². The third-order valence-corrected chi connectivity index (χ3v) is 2.88. The Kier molecular flexibility index (Phi) is 6.12. The quantitative estimate of drug-likeness (QED) is 0.877. The molecule has 1 aliphatic heterocycles. The summed E-state index contributed by atoms with van der Waals surface area (Å²) in [6.07, 6.45) is 0.821. The molecule has 1 aromatic carbocycles. The molecule has 100 valence electrons. The molecule has 1 saturated heterocycles. The maximum Gasteiger partial charge on any atom is 0.229 e. The van der Waals surface area contributed by atoms with Gasteiger partial charge in [-0.2, -0.15) is 0 Å². The molecule has 1 amide bonds. The van der Waals surface area contributed by atoms with Crippen molar-refractivity contribution in [2.45, 2.75) is 13.0 Å². The molecule has 0 saturated carbocycles. The molecule has 18 heavy (non-hydrogen) atoms. The maximum absolute atomic E-state index is 11.9. The SMILES string of the molecule is CNCc1cccc(NC(=O)C2CCOC2)c1.Cl. The average Bonchev–Trinajstić information content (AvgIpc) is 2.83. The van der Waals surface area contributed by atoms with Gasteiger partial charge in [0, 0.05) is 18.8 Å². The Morgan fingerprint density at radius 3 is 3.00 bits per heavy atom. The molecule has 1 heterocycles. The van der Waals surface area contributed by atoms with Gasteiger partial charge < -0.3 is 15.4 Å². The number of benzene rings is 1. The van der Waals surface area contributed by atoms with Crippen molar-refractivity contribution in [1.29, 1.82) is 0 Å². The number of nitrogens with one attached hydrogen (secondary N) is 2. The summed E-state index contributed by atoms with van der Waals surface area (Å²) in [4.78, 5) is 11.9. The lowest BCUT2D eigenvalue weighted by Crippen LogP contribution is -2.22. The van der Waals surface area contributed by atoms with E-state index in [1.54, 1.807) is 0 Å². The van der Waals surface area contributed by atoms with Gasteiger partial charge in [-0.1, -0.05) is 12.1 Å². The fourth-order valence-electron chi connectivity index (χ4n) is 1.95. The molecule has 1 unspecified atom stereocenters. The predicted octanol–water partition coefficient (Wildman–Crippen LogP) is 1.80. The number of anilines is 1. The molecule has 0 radical (unpaired) electrons. The molecule has 0 spiro atoms. The summed E-state index contributed by atoms with van der Waals surface area (Å²) in [6.45, 7) is 2.04. The Morgan fingerprint density at radius 2 is 2.33 bits per heavy atom. The van der Waals surface area contributed by atoms with Crippen molar-refractivity contribution in [3.63, 3.8) is 0 Å². The summed E-state index contributed by atoms with van der Waals surface area (Å²) in [5, 5.41) is 6.02. The van der Waals surface area contributed by atoms with Crippen LogP contribution in [0.1, 0.15) is 12.0 Å². The second kappa shape index (κ2) is 7.36. The van der Waals surface area contributed by atoms with Crippen LogP contribution in [0.3, 0.4) is 0 Å². The zero-order valence-corrected chi connectivity index (χ0v) is 11.3. The molecular formula is C13H19ClN2O2. The lowest BCUT2D eigenvalue weighted by Gasteiger charge is -2.10. The Bertz CT molecular complexity index is 392. The monoisotopic (exact) mass is 270 g/mol. The highest BCUT2D eigenvalue weighted by atomic mass is 35.5. The van der Waals surface area contributed by atoms with Gasteiger partial charge in [0.25, 0.3) is 0 Å². The van der Waals surface area contributed by atoms with Crippen LogP contribution < -0.4 is 10.6 Å². The van der Waals surface area contributed by atoms with Crippen molar-refractivity contribution in [2.75, 3.05) is 25.6 Å². The fraction of sp³-hybridized carbons (Fsp3) is 0.462. The van der Waals surface area contributed by atoms with Crippen molar-refractivity contribution in [1.82, 2.24) is 5.32 Å². The van der Waals surface area contributed by atoms with Gasteiger partial charge in [0.05, 0.1) is 12.5 Å². The number of carbonyl (C=O) groups is 1. The van der Waals surface area contributed by atoms with Gasteiger partial charge >= 0.3 is 0 Å².